The molecule has 9 aromatic rings. The highest BCUT2D eigenvalue weighted by Gasteiger charge is 2.25. The van der Waals surface area contributed by atoms with Gasteiger partial charge in [0, 0.05) is 31.6 Å². The molecule has 0 radical (unpaired) electrons. The molecule has 0 heterocycles. The van der Waals surface area contributed by atoms with Crippen molar-refractivity contribution in [3.63, 3.8) is 0 Å². The minimum atomic E-state index is 1.19. The Kier molecular flexibility index (Phi) is 12.5. The third kappa shape index (κ3) is 8.32. The zero-order chi connectivity index (χ0) is 46.6. The van der Waals surface area contributed by atoms with Gasteiger partial charge in [-0.1, -0.05) is 184 Å². The van der Waals surface area contributed by atoms with Gasteiger partial charge in [0.15, 0.2) is 0 Å². The minimum absolute atomic E-state index is 1.19. The quantitative estimate of drug-likeness (QED) is 0.133. The second-order valence-electron chi connectivity index (χ2n) is 18.9. The smallest absolute Gasteiger partial charge is 0.0234 e. The number of aryl methyl sites for hydroxylation is 12. The van der Waals surface area contributed by atoms with Gasteiger partial charge in [-0.15, -0.1) is 0 Å². The van der Waals surface area contributed by atoms with Crippen LogP contribution in [0.15, 0.2) is 146 Å². The van der Waals surface area contributed by atoms with Crippen LogP contribution in [-0.4, -0.2) is 0 Å². The van der Waals surface area contributed by atoms with Crippen molar-refractivity contribution in [2.45, 2.75) is 83.1 Å². The van der Waals surface area contributed by atoms with E-state index in [1.165, 1.54) is 170 Å². The third-order valence-corrected chi connectivity index (χ3v) is 16.3. The van der Waals surface area contributed by atoms with Crippen LogP contribution in [0.1, 0.15) is 66.8 Å². The molecule has 0 saturated carbocycles. The minimum Gasteiger partial charge on any atom is -0.0622 e. The van der Waals surface area contributed by atoms with Gasteiger partial charge < -0.3 is 0 Å². The summed E-state index contributed by atoms with van der Waals surface area (Å²) >= 11 is 0. The van der Waals surface area contributed by atoms with Crippen LogP contribution < -0.4 is 10.6 Å². The average Bonchev–Trinajstić information content (AvgIpc) is 3.24. The summed E-state index contributed by atoms with van der Waals surface area (Å²) in [6.07, 6.45) is 0. The fourth-order valence-corrected chi connectivity index (χ4v) is 14.3. The molecule has 0 aliphatic rings. The van der Waals surface area contributed by atoms with E-state index in [-0.39, 0.29) is 0 Å². The summed E-state index contributed by atoms with van der Waals surface area (Å²) in [7, 11) is 2.37. The van der Waals surface area contributed by atoms with Crippen molar-refractivity contribution >= 4 is 27.0 Å². The van der Waals surface area contributed by atoms with Gasteiger partial charge in [0.05, 0.1) is 0 Å². The van der Waals surface area contributed by atoms with Crippen molar-refractivity contribution in [1.29, 1.82) is 0 Å². The molecule has 326 valence electrons. The van der Waals surface area contributed by atoms with Crippen LogP contribution in [0.25, 0.3) is 66.8 Å². The number of hydrogen-bond acceptors (Lipinski definition) is 0. The lowest BCUT2D eigenvalue weighted by atomic mass is 9.89. The second-order valence-corrected chi connectivity index (χ2v) is 21.1. The zero-order valence-electron chi connectivity index (χ0n) is 40.8. The molecule has 0 nitrogen and oxygen atoms in total. The molecule has 2 heteroatoms. The van der Waals surface area contributed by atoms with Gasteiger partial charge in [-0.05, 0) is 183 Å². The molecule has 0 bridgehead atoms. The largest absolute Gasteiger partial charge is 0.0622 e. The van der Waals surface area contributed by atoms with Crippen LogP contribution in [-0.2, 0) is 0 Å². The number of hydrogen-bond donors (Lipinski definition) is 0. The molecular weight excluding hydrogens is 831 g/mol. The Hall–Kier alpha value is -6.16. The predicted molar refractivity (Wildman–Crippen MR) is 291 cm³/mol. The highest BCUT2D eigenvalue weighted by Crippen LogP contribution is 2.47. The first-order chi connectivity index (χ1) is 31.7. The molecule has 0 spiro atoms. The summed E-state index contributed by atoms with van der Waals surface area (Å²) in [6.45, 7) is 27.2. The number of benzene rings is 8. The lowest BCUT2D eigenvalue weighted by Crippen LogP contribution is -2.09. The van der Waals surface area contributed by atoms with Gasteiger partial charge in [-0.2, -0.15) is 0 Å². The Balaban J connectivity index is 1.51. The summed E-state index contributed by atoms with van der Waals surface area (Å²) in [4.78, 5) is 2.77. The Morgan fingerprint density at radius 3 is 0.697 bits per heavy atom. The van der Waals surface area contributed by atoms with Crippen molar-refractivity contribution in [1.82, 2.24) is 0 Å². The highest BCUT2D eigenvalue weighted by atomic mass is 31.1. The number of rotatable bonds is 8. The van der Waals surface area contributed by atoms with Gasteiger partial charge in [-0.25, -0.2) is 0 Å². The third-order valence-electron chi connectivity index (χ3n) is 13.4. The predicted octanol–water partition coefficient (Wildman–Crippen LogP) is 17.9. The van der Waals surface area contributed by atoms with Gasteiger partial charge in [0.25, 0.3) is 0 Å². The van der Waals surface area contributed by atoms with E-state index in [1.54, 1.807) is 0 Å². The van der Waals surface area contributed by atoms with E-state index < -0.39 is 0 Å². The summed E-state index contributed by atoms with van der Waals surface area (Å²) in [5.41, 5.74) is 31.5. The molecule has 9 aromatic carbocycles. The first-order valence-electron chi connectivity index (χ1n) is 23.3. The standard InChI is InChI=1S/C64H60P2/c1-37-29-41(5)55(42(6)30-37)51-25-19-26-52(56-43(7)31-38(2)32-44(56)8)61(51)65-63-59(49-21-15-13-16-22-49)60(50-23-17-14-18-24-50)64(63)66-62-53(57-45(9)33-39(3)34-46(57)10)27-20-28-54(62)58-47(11)35-40(4)36-48(58)12/h13-36H,1-12H3. The van der Waals surface area contributed by atoms with Crippen LogP contribution in [0, 0.1) is 93.0 Å². The molecule has 0 amide bonds. The monoisotopic (exact) mass is 890 g/mol. The van der Waals surface area contributed by atoms with Crippen LogP contribution in [0.2, 0.25) is 0 Å². The molecule has 0 aliphatic carbocycles. The average molecular weight is 891 g/mol. The maximum Gasteiger partial charge on any atom is 0.0234 e. The molecular formula is C64H60P2. The second kappa shape index (κ2) is 18.3. The van der Waals surface area contributed by atoms with Crippen molar-refractivity contribution in [3.8, 4) is 66.8 Å². The van der Waals surface area contributed by atoms with Crippen molar-refractivity contribution in [3.05, 3.63) is 222 Å². The van der Waals surface area contributed by atoms with E-state index in [4.69, 9.17) is 0 Å². The van der Waals surface area contributed by atoms with Crippen molar-refractivity contribution < 1.29 is 0 Å². The maximum atomic E-state index is 2.38. The summed E-state index contributed by atoms with van der Waals surface area (Å²) < 4.78 is 0. The normalized spacial score (nSPS) is 12.1. The van der Waals surface area contributed by atoms with E-state index in [9.17, 15) is 0 Å². The molecule has 0 N–H and O–H groups in total. The molecule has 9 rings (SSSR count). The fourth-order valence-electron chi connectivity index (χ4n) is 11.2. The van der Waals surface area contributed by atoms with E-state index in [0.29, 0.717) is 0 Å². The van der Waals surface area contributed by atoms with Gasteiger partial charge in [0.1, 0.15) is 0 Å². The van der Waals surface area contributed by atoms with E-state index in [1.807, 2.05) is 0 Å². The molecule has 0 atom stereocenters. The Morgan fingerprint density at radius 2 is 0.470 bits per heavy atom. The van der Waals surface area contributed by atoms with Gasteiger partial charge in [-0.3, -0.25) is 0 Å². The zero-order valence-corrected chi connectivity index (χ0v) is 42.5. The van der Waals surface area contributed by atoms with Crippen LogP contribution in [0.4, 0.5) is 0 Å². The first kappa shape index (κ1) is 45.0. The Labute approximate surface area is 397 Å². The topological polar surface area (TPSA) is 0 Å². The summed E-state index contributed by atoms with van der Waals surface area (Å²) in [5, 5.41) is 2.71. The van der Waals surface area contributed by atoms with Crippen LogP contribution >= 0.6 is 16.4 Å². The molecule has 0 fully saturated rings. The SMILES string of the molecule is Cc1cc(C)c(-c2cccc(-c3c(C)cc(C)cc3C)c2P=c2c(-c3ccccc3)c(-c3ccccc3)c2=Pc2c(-c3c(C)cc(C)cc3C)cccc2-c2c(C)cc(C)cc2C)c(C)c1. The van der Waals surface area contributed by atoms with E-state index in [0.717, 1.165) is 0 Å². The molecule has 0 aromatic heterocycles. The highest BCUT2D eigenvalue weighted by molar-refractivity contribution is 7.43. The van der Waals surface area contributed by atoms with E-state index in [2.05, 4.69) is 229 Å². The van der Waals surface area contributed by atoms with Crippen molar-refractivity contribution in [2.75, 3.05) is 0 Å². The lowest BCUT2D eigenvalue weighted by Gasteiger charge is -2.23. The van der Waals surface area contributed by atoms with Gasteiger partial charge >= 0.3 is 0 Å². The van der Waals surface area contributed by atoms with Crippen LogP contribution in [0.5, 0.6) is 0 Å². The first-order valence-corrected chi connectivity index (χ1v) is 25.1. The Morgan fingerprint density at radius 1 is 0.242 bits per heavy atom. The molecule has 66 heavy (non-hydrogen) atoms. The van der Waals surface area contributed by atoms with Gasteiger partial charge in [0.2, 0.25) is 0 Å². The van der Waals surface area contributed by atoms with Crippen LogP contribution in [0.3, 0.4) is 0 Å². The molecule has 0 aliphatic heterocycles. The summed E-state index contributed by atoms with van der Waals surface area (Å²) in [5.74, 6) is 0. The summed E-state index contributed by atoms with van der Waals surface area (Å²) in [6, 6.07) is 55.3. The lowest BCUT2D eigenvalue weighted by molar-refractivity contribution is 1.31. The Bertz CT molecular complexity index is 2990. The van der Waals surface area contributed by atoms with Crippen molar-refractivity contribution in [2.24, 2.45) is 0 Å². The van der Waals surface area contributed by atoms with E-state index >= 15 is 0 Å². The maximum absolute atomic E-state index is 2.38. The molecule has 0 saturated heterocycles. The molecule has 0 unspecified atom stereocenters. The fraction of sp³-hybridized carbons (Fsp3) is 0.188.